The number of hydrogen-bond acceptors (Lipinski definition) is 3. The standard InChI is InChI=1S/C23H15F3N2O2S/c24-15-7-5-14(6-8-15)12-27-20-4-2-1-3-17(20)23(22(27)30)28(21(29)13-31-23)16-9-10-18(25)19(26)11-16/h1-11H,12-13H2. The first-order valence-corrected chi connectivity index (χ1v) is 10.5. The normalized spacial score (nSPS) is 20.1. The van der Waals surface area contributed by atoms with Crippen LogP contribution in [0.5, 0.6) is 0 Å². The van der Waals surface area contributed by atoms with E-state index >= 15 is 0 Å². The van der Waals surface area contributed by atoms with E-state index in [1.54, 1.807) is 41.3 Å². The molecule has 1 unspecified atom stereocenters. The minimum Gasteiger partial charge on any atom is -0.304 e. The van der Waals surface area contributed by atoms with Crippen molar-refractivity contribution in [3.63, 3.8) is 0 Å². The van der Waals surface area contributed by atoms with Crippen LogP contribution in [-0.2, 0) is 21.0 Å². The lowest BCUT2D eigenvalue weighted by atomic mass is 10.0. The molecule has 31 heavy (non-hydrogen) atoms. The second-order valence-electron chi connectivity index (χ2n) is 7.30. The van der Waals surface area contributed by atoms with Gasteiger partial charge in [0.05, 0.1) is 18.0 Å². The van der Waals surface area contributed by atoms with Crippen LogP contribution in [0.25, 0.3) is 0 Å². The number of carbonyl (C=O) groups excluding carboxylic acids is 2. The van der Waals surface area contributed by atoms with Crippen LogP contribution in [0, 0.1) is 17.5 Å². The van der Waals surface area contributed by atoms with Crippen molar-refractivity contribution >= 4 is 35.0 Å². The van der Waals surface area contributed by atoms with E-state index in [9.17, 15) is 22.8 Å². The lowest BCUT2D eigenvalue weighted by Gasteiger charge is -2.33. The Kier molecular flexibility index (Phi) is 4.55. The molecule has 3 aromatic carbocycles. The van der Waals surface area contributed by atoms with Crippen molar-refractivity contribution in [1.29, 1.82) is 0 Å². The summed E-state index contributed by atoms with van der Waals surface area (Å²) in [6.45, 7) is 0.179. The summed E-state index contributed by atoms with van der Waals surface area (Å²) in [7, 11) is 0. The molecule has 156 valence electrons. The molecule has 1 spiro atoms. The van der Waals surface area contributed by atoms with Gasteiger partial charge in [-0.15, -0.1) is 11.8 Å². The summed E-state index contributed by atoms with van der Waals surface area (Å²) in [5.41, 5.74) is 2.05. The largest absolute Gasteiger partial charge is 0.304 e. The van der Waals surface area contributed by atoms with Gasteiger partial charge in [0, 0.05) is 17.3 Å². The van der Waals surface area contributed by atoms with Crippen molar-refractivity contribution in [2.24, 2.45) is 0 Å². The van der Waals surface area contributed by atoms with E-state index in [1.165, 1.54) is 23.1 Å². The minimum absolute atomic E-state index is 0.0173. The Labute approximate surface area is 180 Å². The summed E-state index contributed by atoms with van der Waals surface area (Å²) in [4.78, 5) is 28.1. The fraction of sp³-hybridized carbons (Fsp3) is 0.130. The Hall–Kier alpha value is -3.26. The van der Waals surface area contributed by atoms with Crippen LogP contribution in [0.2, 0.25) is 0 Å². The molecule has 1 saturated heterocycles. The highest BCUT2D eigenvalue weighted by atomic mass is 32.2. The van der Waals surface area contributed by atoms with Gasteiger partial charge in [-0.05, 0) is 35.9 Å². The van der Waals surface area contributed by atoms with Crippen molar-refractivity contribution in [3.05, 3.63) is 95.3 Å². The van der Waals surface area contributed by atoms with Gasteiger partial charge in [-0.25, -0.2) is 13.2 Å². The van der Waals surface area contributed by atoms with Gasteiger partial charge in [0.25, 0.3) is 5.91 Å². The maximum Gasteiger partial charge on any atom is 0.269 e. The number of carbonyl (C=O) groups is 2. The number of nitrogens with zero attached hydrogens (tertiary/aromatic N) is 2. The first kappa shape index (κ1) is 19.7. The number of thioether (sulfide) groups is 1. The Morgan fingerprint density at radius 2 is 1.65 bits per heavy atom. The third-order valence-corrected chi connectivity index (χ3v) is 6.87. The molecule has 0 saturated carbocycles. The number of halogens is 3. The molecule has 2 heterocycles. The first-order valence-electron chi connectivity index (χ1n) is 9.50. The molecule has 1 fully saturated rings. The van der Waals surface area contributed by atoms with Crippen LogP contribution in [0.1, 0.15) is 11.1 Å². The zero-order chi connectivity index (χ0) is 21.8. The molecular weight excluding hydrogens is 425 g/mol. The third-order valence-electron chi connectivity index (χ3n) is 5.48. The topological polar surface area (TPSA) is 40.6 Å². The number of fused-ring (bicyclic) bond motifs is 2. The third kappa shape index (κ3) is 2.93. The lowest BCUT2D eigenvalue weighted by Crippen LogP contribution is -2.49. The van der Waals surface area contributed by atoms with Crippen molar-refractivity contribution in [2.75, 3.05) is 15.6 Å². The highest BCUT2D eigenvalue weighted by Gasteiger charge is 2.60. The molecule has 2 amide bonds. The van der Waals surface area contributed by atoms with Crippen molar-refractivity contribution in [1.82, 2.24) is 0 Å². The first-order chi connectivity index (χ1) is 14.9. The van der Waals surface area contributed by atoms with Gasteiger partial charge in [0.1, 0.15) is 5.82 Å². The molecule has 0 radical (unpaired) electrons. The zero-order valence-electron chi connectivity index (χ0n) is 16.0. The van der Waals surface area contributed by atoms with E-state index < -0.39 is 16.5 Å². The van der Waals surface area contributed by atoms with Gasteiger partial charge >= 0.3 is 0 Å². The summed E-state index contributed by atoms with van der Waals surface area (Å²) in [5, 5.41) is 0. The maximum atomic E-state index is 14.0. The molecule has 3 aromatic rings. The van der Waals surface area contributed by atoms with Gasteiger partial charge in [-0.2, -0.15) is 0 Å². The summed E-state index contributed by atoms with van der Waals surface area (Å²) in [6, 6.07) is 16.1. The highest BCUT2D eigenvalue weighted by molar-refractivity contribution is 8.02. The molecule has 2 aliphatic heterocycles. The van der Waals surface area contributed by atoms with Crippen molar-refractivity contribution in [2.45, 2.75) is 11.4 Å². The second kappa shape index (κ2) is 7.16. The number of anilines is 2. The van der Waals surface area contributed by atoms with E-state index in [0.717, 1.165) is 29.5 Å². The molecule has 2 aliphatic rings. The monoisotopic (exact) mass is 440 g/mol. The smallest absolute Gasteiger partial charge is 0.269 e. The van der Waals surface area contributed by atoms with Gasteiger partial charge < -0.3 is 4.90 Å². The van der Waals surface area contributed by atoms with E-state index in [4.69, 9.17) is 0 Å². The Morgan fingerprint density at radius 3 is 2.39 bits per heavy atom. The Balaban J connectivity index is 1.63. The number of hydrogen-bond donors (Lipinski definition) is 0. The van der Waals surface area contributed by atoms with E-state index in [0.29, 0.717) is 11.3 Å². The number of para-hydroxylation sites is 1. The highest BCUT2D eigenvalue weighted by Crippen LogP contribution is 2.56. The van der Waals surface area contributed by atoms with Crippen molar-refractivity contribution < 1.29 is 22.8 Å². The molecule has 5 rings (SSSR count). The Morgan fingerprint density at radius 1 is 0.903 bits per heavy atom. The minimum atomic E-state index is -1.42. The van der Waals surface area contributed by atoms with Crippen LogP contribution in [-0.4, -0.2) is 17.6 Å². The summed E-state index contributed by atoms with van der Waals surface area (Å²) in [5.74, 6) is -3.23. The number of benzene rings is 3. The molecular formula is C23H15F3N2O2S. The summed E-state index contributed by atoms with van der Waals surface area (Å²) < 4.78 is 40.8. The fourth-order valence-corrected chi connectivity index (χ4v) is 5.47. The number of rotatable bonds is 3. The second-order valence-corrected chi connectivity index (χ2v) is 8.46. The average molecular weight is 440 g/mol. The predicted octanol–water partition coefficient (Wildman–Crippen LogP) is 4.58. The van der Waals surface area contributed by atoms with Crippen LogP contribution < -0.4 is 9.80 Å². The van der Waals surface area contributed by atoms with Gasteiger partial charge in [-0.1, -0.05) is 30.3 Å². The van der Waals surface area contributed by atoms with Gasteiger partial charge in [0.2, 0.25) is 10.8 Å². The molecule has 0 aromatic heterocycles. The van der Waals surface area contributed by atoms with Crippen LogP contribution in [0.15, 0.2) is 66.7 Å². The Bertz CT molecular complexity index is 1220. The quantitative estimate of drug-likeness (QED) is 0.599. The maximum absolute atomic E-state index is 14.0. The van der Waals surface area contributed by atoms with Crippen LogP contribution in [0.3, 0.4) is 0 Å². The molecule has 0 aliphatic carbocycles. The molecule has 8 heteroatoms. The number of amides is 2. The van der Waals surface area contributed by atoms with E-state index in [-0.39, 0.29) is 35.6 Å². The SMILES string of the molecule is O=C1CSC2(C(=O)N(Cc3ccc(F)cc3)c3ccccc32)N1c1ccc(F)c(F)c1. The lowest BCUT2D eigenvalue weighted by molar-refractivity contribution is -0.123. The summed E-state index contributed by atoms with van der Waals surface area (Å²) in [6.07, 6.45) is 0. The molecule has 0 bridgehead atoms. The van der Waals surface area contributed by atoms with Crippen molar-refractivity contribution in [3.8, 4) is 0 Å². The van der Waals surface area contributed by atoms with E-state index in [1.807, 2.05) is 0 Å². The van der Waals surface area contributed by atoms with Gasteiger partial charge in [0.15, 0.2) is 11.6 Å². The predicted molar refractivity (Wildman–Crippen MR) is 112 cm³/mol. The van der Waals surface area contributed by atoms with E-state index in [2.05, 4.69) is 0 Å². The molecule has 1 atom stereocenters. The molecule has 4 nitrogen and oxygen atoms in total. The average Bonchev–Trinajstić information content (AvgIpc) is 3.23. The van der Waals surface area contributed by atoms with Crippen LogP contribution in [0.4, 0.5) is 24.5 Å². The van der Waals surface area contributed by atoms with Gasteiger partial charge in [-0.3, -0.25) is 14.5 Å². The fourth-order valence-electron chi connectivity index (χ4n) is 4.11. The zero-order valence-corrected chi connectivity index (χ0v) is 16.8. The summed E-state index contributed by atoms with van der Waals surface area (Å²) >= 11 is 1.15. The molecule has 0 N–H and O–H groups in total. The van der Waals surface area contributed by atoms with Crippen LogP contribution >= 0.6 is 11.8 Å².